The van der Waals surface area contributed by atoms with E-state index in [0.29, 0.717) is 0 Å². The normalized spacial score (nSPS) is 14.6. The van der Waals surface area contributed by atoms with Crippen molar-refractivity contribution in [1.82, 2.24) is 4.98 Å². The highest BCUT2D eigenvalue weighted by molar-refractivity contribution is 5.61. The molecule has 1 aromatic carbocycles. The van der Waals surface area contributed by atoms with Crippen molar-refractivity contribution in [3.05, 3.63) is 48.2 Å². The molecule has 3 rings (SSSR count). The van der Waals surface area contributed by atoms with Gasteiger partial charge in [-0.15, -0.1) is 0 Å². The quantitative estimate of drug-likeness (QED) is 0.795. The zero-order valence-electron chi connectivity index (χ0n) is 9.89. The number of methoxy groups -OCH3 is 1. The monoisotopic (exact) mass is 225 g/mol. The second-order valence-corrected chi connectivity index (χ2v) is 4.48. The molecule has 2 nitrogen and oxygen atoms in total. The predicted octanol–water partition coefficient (Wildman–Crippen LogP) is 3.63. The van der Waals surface area contributed by atoms with Gasteiger partial charge >= 0.3 is 0 Å². The molecule has 0 atom stereocenters. The average molecular weight is 225 g/mol. The van der Waals surface area contributed by atoms with Crippen molar-refractivity contribution in [2.24, 2.45) is 0 Å². The van der Waals surface area contributed by atoms with Crippen LogP contribution in [0.1, 0.15) is 24.3 Å². The molecule has 0 N–H and O–H groups in total. The van der Waals surface area contributed by atoms with Crippen molar-refractivity contribution >= 4 is 0 Å². The fourth-order valence-electron chi connectivity index (χ4n) is 2.02. The van der Waals surface area contributed by atoms with Crippen LogP contribution in [-0.2, 0) is 0 Å². The largest absolute Gasteiger partial charge is 0.497 e. The van der Waals surface area contributed by atoms with Crippen LogP contribution < -0.4 is 4.74 Å². The Labute approximate surface area is 101 Å². The van der Waals surface area contributed by atoms with E-state index >= 15 is 0 Å². The zero-order valence-corrected chi connectivity index (χ0v) is 9.89. The van der Waals surface area contributed by atoms with Crippen LogP contribution in [0, 0.1) is 0 Å². The zero-order chi connectivity index (χ0) is 11.7. The van der Waals surface area contributed by atoms with Gasteiger partial charge in [0.05, 0.1) is 12.8 Å². The summed E-state index contributed by atoms with van der Waals surface area (Å²) in [5.74, 6) is 1.64. The van der Waals surface area contributed by atoms with Crippen LogP contribution in [0.3, 0.4) is 0 Å². The summed E-state index contributed by atoms with van der Waals surface area (Å²) in [6.45, 7) is 0. The number of pyridine rings is 1. The summed E-state index contributed by atoms with van der Waals surface area (Å²) in [6.07, 6.45) is 4.65. The fraction of sp³-hybridized carbons (Fsp3) is 0.267. The average Bonchev–Trinajstić information content (AvgIpc) is 3.23. The summed E-state index contributed by atoms with van der Waals surface area (Å²) in [5, 5.41) is 0. The van der Waals surface area contributed by atoms with E-state index in [0.717, 1.165) is 22.9 Å². The highest BCUT2D eigenvalue weighted by Crippen LogP contribution is 2.39. The molecule has 1 heterocycles. The van der Waals surface area contributed by atoms with Crippen LogP contribution in [0.25, 0.3) is 11.3 Å². The number of rotatable bonds is 3. The van der Waals surface area contributed by atoms with Crippen molar-refractivity contribution in [3.8, 4) is 17.0 Å². The van der Waals surface area contributed by atoms with E-state index in [-0.39, 0.29) is 0 Å². The van der Waals surface area contributed by atoms with Crippen molar-refractivity contribution < 1.29 is 4.74 Å². The minimum absolute atomic E-state index is 0.766. The first-order chi connectivity index (χ1) is 8.36. The number of benzene rings is 1. The van der Waals surface area contributed by atoms with Crippen LogP contribution in [0.4, 0.5) is 0 Å². The van der Waals surface area contributed by atoms with E-state index in [1.165, 1.54) is 18.4 Å². The van der Waals surface area contributed by atoms with Gasteiger partial charge in [-0.1, -0.05) is 18.2 Å². The second-order valence-electron chi connectivity index (χ2n) is 4.48. The Hall–Kier alpha value is -1.83. The molecule has 1 aromatic heterocycles. The summed E-state index contributed by atoms with van der Waals surface area (Å²) in [7, 11) is 1.68. The summed E-state index contributed by atoms with van der Waals surface area (Å²) in [5.41, 5.74) is 3.48. The lowest BCUT2D eigenvalue weighted by Gasteiger charge is -2.05. The summed E-state index contributed by atoms with van der Waals surface area (Å²) in [6, 6.07) is 12.3. The predicted molar refractivity (Wildman–Crippen MR) is 68.2 cm³/mol. The Balaban J connectivity index is 1.91. The van der Waals surface area contributed by atoms with Crippen LogP contribution in [0.2, 0.25) is 0 Å². The van der Waals surface area contributed by atoms with Crippen molar-refractivity contribution in [1.29, 1.82) is 0 Å². The molecule has 17 heavy (non-hydrogen) atoms. The second kappa shape index (κ2) is 4.21. The highest BCUT2D eigenvalue weighted by atomic mass is 16.5. The van der Waals surface area contributed by atoms with E-state index in [2.05, 4.69) is 23.2 Å². The number of hydrogen-bond acceptors (Lipinski definition) is 2. The SMILES string of the molecule is COc1cccc(-c2ccc(C3CC3)cn2)c1. The van der Waals surface area contributed by atoms with Gasteiger partial charge in [-0.3, -0.25) is 4.98 Å². The minimum Gasteiger partial charge on any atom is -0.497 e. The van der Waals surface area contributed by atoms with Gasteiger partial charge in [-0.2, -0.15) is 0 Å². The van der Waals surface area contributed by atoms with Gasteiger partial charge in [0.1, 0.15) is 5.75 Å². The van der Waals surface area contributed by atoms with E-state index < -0.39 is 0 Å². The Morgan fingerprint density at radius 1 is 1.18 bits per heavy atom. The van der Waals surface area contributed by atoms with E-state index in [1.54, 1.807) is 7.11 Å². The molecule has 1 fully saturated rings. The lowest BCUT2D eigenvalue weighted by molar-refractivity contribution is 0.415. The molecule has 0 bridgehead atoms. The molecular formula is C15H15NO. The maximum atomic E-state index is 5.22. The van der Waals surface area contributed by atoms with Crippen LogP contribution in [-0.4, -0.2) is 12.1 Å². The lowest BCUT2D eigenvalue weighted by atomic mass is 10.1. The molecule has 0 spiro atoms. The molecule has 0 unspecified atom stereocenters. The fourth-order valence-corrected chi connectivity index (χ4v) is 2.02. The van der Waals surface area contributed by atoms with Gasteiger partial charge in [-0.25, -0.2) is 0 Å². The molecule has 0 saturated heterocycles. The first kappa shape index (κ1) is 10.3. The Kier molecular flexibility index (Phi) is 2.56. The molecule has 0 amide bonds. The smallest absolute Gasteiger partial charge is 0.119 e. The van der Waals surface area contributed by atoms with Gasteiger partial charge in [0, 0.05) is 11.8 Å². The van der Waals surface area contributed by atoms with Crippen molar-refractivity contribution in [2.45, 2.75) is 18.8 Å². The molecule has 2 heteroatoms. The number of hydrogen-bond donors (Lipinski definition) is 0. The van der Waals surface area contributed by atoms with Crippen molar-refractivity contribution in [2.75, 3.05) is 7.11 Å². The number of nitrogens with zero attached hydrogens (tertiary/aromatic N) is 1. The Morgan fingerprint density at radius 2 is 2.06 bits per heavy atom. The van der Waals surface area contributed by atoms with Gasteiger partial charge < -0.3 is 4.74 Å². The molecule has 1 aliphatic carbocycles. The van der Waals surface area contributed by atoms with E-state index in [1.807, 2.05) is 24.4 Å². The maximum absolute atomic E-state index is 5.22. The Morgan fingerprint density at radius 3 is 2.71 bits per heavy atom. The number of aromatic nitrogens is 1. The topological polar surface area (TPSA) is 22.1 Å². The molecule has 2 aromatic rings. The standard InChI is InChI=1S/C15H15NO/c1-17-14-4-2-3-12(9-14)15-8-7-13(10-16-15)11-5-6-11/h2-4,7-11H,5-6H2,1H3. The molecule has 0 aliphatic heterocycles. The van der Waals surface area contributed by atoms with Crippen LogP contribution in [0.15, 0.2) is 42.6 Å². The maximum Gasteiger partial charge on any atom is 0.119 e. The third-order valence-corrected chi connectivity index (χ3v) is 3.20. The molecular weight excluding hydrogens is 210 g/mol. The minimum atomic E-state index is 0.766. The van der Waals surface area contributed by atoms with Crippen molar-refractivity contribution in [3.63, 3.8) is 0 Å². The molecule has 0 radical (unpaired) electrons. The summed E-state index contributed by atoms with van der Waals surface area (Å²) >= 11 is 0. The molecule has 86 valence electrons. The highest BCUT2D eigenvalue weighted by Gasteiger charge is 2.23. The van der Waals surface area contributed by atoms with Gasteiger partial charge in [0.25, 0.3) is 0 Å². The Bertz CT molecular complexity index is 515. The van der Waals surface area contributed by atoms with Gasteiger partial charge in [0.2, 0.25) is 0 Å². The van der Waals surface area contributed by atoms with Crippen LogP contribution in [0.5, 0.6) is 5.75 Å². The van der Waals surface area contributed by atoms with Gasteiger partial charge in [0.15, 0.2) is 0 Å². The molecule has 1 aliphatic rings. The number of ether oxygens (including phenoxy) is 1. The summed E-state index contributed by atoms with van der Waals surface area (Å²) < 4.78 is 5.22. The van der Waals surface area contributed by atoms with Crippen LogP contribution >= 0.6 is 0 Å². The summed E-state index contributed by atoms with van der Waals surface area (Å²) in [4.78, 5) is 4.53. The molecule has 1 saturated carbocycles. The first-order valence-corrected chi connectivity index (χ1v) is 5.97. The third kappa shape index (κ3) is 2.16. The first-order valence-electron chi connectivity index (χ1n) is 5.97. The third-order valence-electron chi connectivity index (χ3n) is 3.20. The van der Waals surface area contributed by atoms with E-state index in [9.17, 15) is 0 Å². The van der Waals surface area contributed by atoms with E-state index in [4.69, 9.17) is 4.74 Å². The van der Waals surface area contributed by atoms with Gasteiger partial charge in [-0.05, 0) is 42.5 Å². The lowest BCUT2D eigenvalue weighted by Crippen LogP contribution is -1.88.